The van der Waals surface area contributed by atoms with Gasteiger partial charge in [-0.25, -0.2) is 0 Å². The number of hydrogen-bond acceptors (Lipinski definition) is 6. The molecule has 6 nitrogen and oxygen atoms in total. The molecule has 0 aliphatic heterocycles. The van der Waals surface area contributed by atoms with Crippen LogP contribution in [-0.2, 0) is 17.1 Å². The van der Waals surface area contributed by atoms with Crippen LogP contribution in [0.3, 0.4) is 0 Å². The van der Waals surface area contributed by atoms with E-state index in [1.807, 2.05) is 109 Å². The summed E-state index contributed by atoms with van der Waals surface area (Å²) < 4.78 is 0. The average Bonchev–Trinajstić information content (AvgIpc) is 3.04. The monoisotopic (exact) mass is 537 g/mol. The quantitative estimate of drug-likeness (QED) is 0.206. The van der Waals surface area contributed by atoms with Crippen LogP contribution in [0, 0.1) is 0 Å². The van der Waals surface area contributed by atoms with E-state index in [2.05, 4.69) is 29.9 Å². The SMILES string of the molecule is [Cu].c1ccncc1.c1ccncc1.c1ccncc1.c1ccncc1.c1ccncc1.c1ccncc1. The van der Waals surface area contributed by atoms with Gasteiger partial charge in [-0.3, -0.25) is 29.9 Å². The first-order valence-corrected chi connectivity index (χ1v) is 11.1. The third-order valence-electron chi connectivity index (χ3n) is 3.40. The Hall–Kier alpha value is -4.58. The molecule has 0 fully saturated rings. The van der Waals surface area contributed by atoms with Crippen LogP contribution in [0.5, 0.6) is 0 Å². The molecule has 0 unspecified atom stereocenters. The molecule has 0 aliphatic carbocycles. The average molecular weight is 538 g/mol. The number of pyridine rings is 6. The fraction of sp³-hybridized carbons (Fsp3) is 0. The maximum Gasteiger partial charge on any atom is 0.0267 e. The molecule has 0 atom stereocenters. The largest absolute Gasteiger partial charge is 0.265 e. The van der Waals surface area contributed by atoms with E-state index in [0.717, 1.165) is 0 Å². The van der Waals surface area contributed by atoms with Crippen LogP contribution in [0.1, 0.15) is 0 Å². The number of hydrogen-bond donors (Lipinski definition) is 0. The molecule has 0 N–H and O–H groups in total. The van der Waals surface area contributed by atoms with E-state index in [4.69, 9.17) is 0 Å². The molecule has 6 rings (SSSR count). The Kier molecular flexibility index (Phi) is 25.8. The van der Waals surface area contributed by atoms with Crippen molar-refractivity contribution in [3.05, 3.63) is 184 Å². The standard InChI is InChI=1S/6C5H5N.Cu/c6*1-2-4-6-5-3-1;/h6*1-5H;. The van der Waals surface area contributed by atoms with Crippen LogP contribution in [0.4, 0.5) is 0 Å². The molecule has 0 amide bonds. The van der Waals surface area contributed by atoms with Crippen molar-refractivity contribution in [2.24, 2.45) is 0 Å². The molecule has 6 heterocycles. The zero-order valence-electron chi connectivity index (χ0n) is 20.3. The van der Waals surface area contributed by atoms with Crippen molar-refractivity contribution >= 4 is 0 Å². The summed E-state index contributed by atoms with van der Waals surface area (Å²) >= 11 is 0. The third-order valence-corrected chi connectivity index (χ3v) is 3.40. The number of aromatic nitrogens is 6. The predicted octanol–water partition coefficient (Wildman–Crippen LogP) is 6.49. The van der Waals surface area contributed by atoms with E-state index < -0.39 is 0 Å². The summed E-state index contributed by atoms with van der Waals surface area (Å²) in [6, 6.07) is 34.3. The van der Waals surface area contributed by atoms with Gasteiger partial charge in [0.15, 0.2) is 0 Å². The Morgan fingerprint density at radius 2 is 0.270 bits per heavy atom. The molecule has 0 saturated carbocycles. The van der Waals surface area contributed by atoms with Crippen molar-refractivity contribution in [3.8, 4) is 0 Å². The maximum atomic E-state index is 3.78. The Balaban J connectivity index is 0.000000418. The molecule has 7 heteroatoms. The fourth-order valence-corrected chi connectivity index (χ4v) is 1.88. The summed E-state index contributed by atoms with van der Waals surface area (Å²) in [6.45, 7) is 0. The van der Waals surface area contributed by atoms with Crippen molar-refractivity contribution in [2.45, 2.75) is 0 Å². The summed E-state index contributed by atoms with van der Waals surface area (Å²) in [5.41, 5.74) is 0. The summed E-state index contributed by atoms with van der Waals surface area (Å²) in [6.07, 6.45) is 21.0. The summed E-state index contributed by atoms with van der Waals surface area (Å²) in [5.74, 6) is 0. The van der Waals surface area contributed by atoms with Crippen molar-refractivity contribution in [1.29, 1.82) is 0 Å². The normalized spacial score (nSPS) is 7.78. The van der Waals surface area contributed by atoms with Gasteiger partial charge < -0.3 is 0 Å². The molecular formula is C30H30CuN6. The summed E-state index contributed by atoms with van der Waals surface area (Å²) in [4.78, 5) is 22.7. The van der Waals surface area contributed by atoms with Gasteiger partial charge in [0.25, 0.3) is 0 Å². The second-order valence-electron chi connectivity index (χ2n) is 6.15. The van der Waals surface area contributed by atoms with Gasteiger partial charge in [0.2, 0.25) is 0 Å². The minimum Gasteiger partial charge on any atom is -0.265 e. The first-order valence-electron chi connectivity index (χ1n) is 11.1. The molecular weight excluding hydrogens is 508 g/mol. The first-order chi connectivity index (χ1) is 18.0. The second kappa shape index (κ2) is 29.5. The fourth-order valence-electron chi connectivity index (χ4n) is 1.88. The molecule has 37 heavy (non-hydrogen) atoms. The first kappa shape index (κ1) is 32.4. The van der Waals surface area contributed by atoms with Crippen LogP contribution in [0.2, 0.25) is 0 Å². The van der Waals surface area contributed by atoms with Crippen molar-refractivity contribution in [2.75, 3.05) is 0 Å². The molecule has 0 spiro atoms. The van der Waals surface area contributed by atoms with Crippen LogP contribution < -0.4 is 0 Å². The van der Waals surface area contributed by atoms with E-state index >= 15 is 0 Å². The maximum absolute atomic E-state index is 3.78. The smallest absolute Gasteiger partial charge is 0.0267 e. The Morgan fingerprint density at radius 1 is 0.162 bits per heavy atom. The zero-order chi connectivity index (χ0) is 25.5. The summed E-state index contributed by atoms with van der Waals surface area (Å²) in [7, 11) is 0. The van der Waals surface area contributed by atoms with Crippen molar-refractivity contribution < 1.29 is 17.1 Å². The van der Waals surface area contributed by atoms with E-state index in [0.29, 0.717) is 0 Å². The van der Waals surface area contributed by atoms with Crippen LogP contribution in [0.25, 0.3) is 0 Å². The van der Waals surface area contributed by atoms with Gasteiger partial charge in [-0.1, -0.05) is 36.4 Å². The van der Waals surface area contributed by atoms with E-state index in [1.54, 1.807) is 74.4 Å². The molecule has 0 saturated heterocycles. The van der Waals surface area contributed by atoms with E-state index in [9.17, 15) is 0 Å². The van der Waals surface area contributed by atoms with Gasteiger partial charge in [-0.05, 0) is 72.8 Å². The molecule has 1 radical (unpaired) electrons. The zero-order valence-corrected chi connectivity index (χ0v) is 21.2. The van der Waals surface area contributed by atoms with Gasteiger partial charge in [-0.15, -0.1) is 0 Å². The minimum absolute atomic E-state index is 0. The van der Waals surface area contributed by atoms with E-state index in [1.165, 1.54) is 0 Å². The van der Waals surface area contributed by atoms with Gasteiger partial charge in [0.1, 0.15) is 0 Å². The Bertz CT molecular complexity index is 706. The number of nitrogens with zero attached hydrogens (tertiary/aromatic N) is 6. The molecule has 0 bridgehead atoms. The van der Waals surface area contributed by atoms with Gasteiger partial charge >= 0.3 is 0 Å². The topological polar surface area (TPSA) is 77.3 Å². The second-order valence-corrected chi connectivity index (χ2v) is 6.15. The van der Waals surface area contributed by atoms with Crippen LogP contribution in [0.15, 0.2) is 184 Å². The molecule has 0 aliphatic rings. The van der Waals surface area contributed by atoms with Gasteiger partial charge in [0.05, 0.1) is 0 Å². The number of rotatable bonds is 0. The summed E-state index contributed by atoms with van der Waals surface area (Å²) in [5, 5.41) is 0. The van der Waals surface area contributed by atoms with Crippen molar-refractivity contribution in [1.82, 2.24) is 29.9 Å². The van der Waals surface area contributed by atoms with Crippen molar-refractivity contribution in [3.63, 3.8) is 0 Å². The van der Waals surface area contributed by atoms with E-state index in [-0.39, 0.29) is 17.1 Å². The molecule has 0 aromatic carbocycles. The Morgan fingerprint density at radius 3 is 0.297 bits per heavy atom. The molecule has 6 aromatic heterocycles. The molecule has 191 valence electrons. The molecule has 6 aromatic rings. The van der Waals surface area contributed by atoms with Crippen LogP contribution >= 0.6 is 0 Å². The van der Waals surface area contributed by atoms with Gasteiger partial charge in [-0.2, -0.15) is 0 Å². The van der Waals surface area contributed by atoms with Gasteiger partial charge in [0, 0.05) is 91.4 Å². The Labute approximate surface area is 230 Å². The third kappa shape index (κ3) is 27.5. The minimum atomic E-state index is 0. The predicted molar refractivity (Wildman–Crippen MR) is 145 cm³/mol. The van der Waals surface area contributed by atoms with Crippen LogP contribution in [-0.4, -0.2) is 29.9 Å².